The van der Waals surface area contributed by atoms with Gasteiger partial charge in [-0.1, -0.05) is 6.07 Å². The van der Waals surface area contributed by atoms with Gasteiger partial charge in [0.25, 0.3) is 0 Å². The zero-order valence-corrected chi connectivity index (χ0v) is 8.81. The van der Waals surface area contributed by atoms with E-state index in [0.717, 1.165) is 18.9 Å². The molecule has 1 aliphatic rings. The van der Waals surface area contributed by atoms with Gasteiger partial charge in [0.1, 0.15) is 11.9 Å². The highest BCUT2D eigenvalue weighted by molar-refractivity contribution is 5.85. The van der Waals surface area contributed by atoms with Gasteiger partial charge in [0.2, 0.25) is 0 Å². The van der Waals surface area contributed by atoms with E-state index in [1.807, 2.05) is 18.2 Å². The molecule has 4 nitrogen and oxygen atoms in total. The zero-order chi connectivity index (χ0) is 10.7. The molecule has 1 N–H and O–H groups in total. The fraction of sp³-hybridized carbons (Fsp3) is 0.455. The van der Waals surface area contributed by atoms with Gasteiger partial charge in [-0.25, -0.2) is 4.98 Å². The van der Waals surface area contributed by atoms with Gasteiger partial charge in [0.15, 0.2) is 5.78 Å². The lowest BCUT2D eigenvalue weighted by Gasteiger charge is -2.35. The van der Waals surface area contributed by atoms with Crippen molar-refractivity contribution in [2.45, 2.75) is 13.0 Å². The predicted molar refractivity (Wildman–Crippen MR) is 58.9 cm³/mol. The molecule has 15 heavy (non-hydrogen) atoms. The Kier molecular flexibility index (Phi) is 2.97. The quantitative estimate of drug-likeness (QED) is 0.761. The first-order valence-corrected chi connectivity index (χ1v) is 5.18. The standard InChI is InChI=1S/C11H15N3O/c1-9(15)10-8-12-6-7-14(10)11-4-2-3-5-13-11/h2-5,10,12H,6-8H2,1H3. The van der Waals surface area contributed by atoms with E-state index in [-0.39, 0.29) is 11.8 Å². The van der Waals surface area contributed by atoms with Crippen LogP contribution in [0, 0.1) is 0 Å². The summed E-state index contributed by atoms with van der Waals surface area (Å²) in [5.41, 5.74) is 0. The zero-order valence-electron chi connectivity index (χ0n) is 8.81. The lowest BCUT2D eigenvalue weighted by Crippen LogP contribution is -2.54. The second kappa shape index (κ2) is 4.40. The summed E-state index contributed by atoms with van der Waals surface area (Å²) in [6.07, 6.45) is 1.76. The molecule has 0 bridgehead atoms. The van der Waals surface area contributed by atoms with Crippen LogP contribution in [-0.4, -0.2) is 36.4 Å². The number of carbonyl (C=O) groups excluding carboxylic acids is 1. The predicted octanol–water partition coefficient (Wildman–Crippen LogP) is 0.449. The van der Waals surface area contributed by atoms with Gasteiger partial charge in [-0.3, -0.25) is 4.79 Å². The molecule has 80 valence electrons. The first kappa shape index (κ1) is 10.1. The Morgan fingerprint density at radius 2 is 2.47 bits per heavy atom. The molecule has 1 aromatic heterocycles. The van der Waals surface area contributed by atoms with Gasteiger partial charge >= 0.3 is 0 Å². The fourth-order valence-electron chi connectivity index (χ4n) is 1.87. The van der Waals surface area contributed by atoms with Crippen molar-refractivity contribution < 1.29 is 4.79 Å². The van der Waals surface area contributed by atoms with Crippen molar-refractivity contribution in [1.82, 2.24) is 10.3 Å². The molecule has 2 heterocycles. The maximum Gasteiger partial charge on any atom is 0.153 e. The molecule has 1 unspecified atom stereocenters. The third-order valence-corrected chi connectivity index (χ3v) is 2.66. The third-order valence-electron chi connectivity index (χ3n) is 2.66. The van der Waals surface area contributed by atoms with Gasteiger partial charge < -0.3 is 10.2 Å². The van der Waals surface area contributed by atoms with Crippen LogP contribution >= 0.6 is 0 Å². The first-order chi connectivity index (χ1) is 7.29. The molecule has 0 radical (unpaired) electrons. The molecule has 1 aromatic rings. The lowest BCUT2D eigenvalue weighted by molar-refractivity contribution is -0.118. The van der Waals surface area contributed by atoms with Crippen LogP contribution in [0.4, 0.5) is 5.82 Å². The van der Waals surface area contributed by atoms with Crippen molar-refractivity contribution in [3.05, 3.63) is 24.4 Å². The number of hydrogen-bond donors (Lipinski definition) is 1. The highest BCUT2D eigenvalue weighted by atomic mass is 16.1. The minimum Gasteiger partial charge on any atom is -0.344 e. The van der Waals surface area contributed by atoms with E-state index in [4.69, 9.17) is 0 Å². The molecule has 0 aliphatic carbocycles. The van der Waals surface area contributed by atoms with E-state index in [1.165, 1.54) is 0 Å². The van der Waals surface area contributed by atoms with Crippen LogP contribution in [-0.2, 0) is 4.79 Å². The minimum atomic E-state index is -0.0753. The van der Waals surface area contributed by atoms with Crippen molar-refractivity contribution in [2.24, 2.45) is 0 Å². The third kappa shape index (κ3) is 2.15. The number of pyridine rings is 1. The second-order valence-corrected chi connectivity index (χ2v) is 3.71. The average molecular weight is 205 g/mol. The Bertz CT molecular complexity index is 339. The number of piperazine rings is 1. The number of anilines is 1. The number of Topliss-reactive ketones (excluding diaryl/α,β-unsaturated/α-hetero) is 1. The normalized spacial score (nSPS) is 21.4. The number of aromatic nitrogens is 1. The molecule has 0 aromatic carbocycles. The number of hydrogen-bond acceptors (Lipinski definition) is 4. The summed E-state index contributed by atoms with van der Waals surface area (Å²) < 4.78 is 0. The molecule has 0 amide bonds. The van der Waals surface area contributed by atoms with Crippen LogP contribution in [0.2, 0.25) is 0 Å². The summed E-state index contributed by atoms with van der Waals surface area (Å²) in [7, 11) is 0. The molecule has 0 spiro atoms. The van der Waals surface area contributed by atoms with Crippen LogP contribution in [0.25, 0.3) is 0 Å². The molecule has 1 saturated heterocycles. The fourth-order valence-corrected chi connectivity index (χ4v) is 1.87. The van der Waals surface area contributed by atoms with Crippen LogP contribution in [0.15, 0.2) is 24.4 Å². The number of ketones is 1. The van der Waals surface area contributed by atoms with E-state index in [2.05, 4.69) is 15.2 Å². The van der Waals surface area contributed by atoms with Gasteiger partial charge in [-0.05, 0) is 19.1 Å². The van der Waals surface area contributed by atoms with Crippen LogP contribution in [0.1, 0.15) is 6.92 Å². The van der Waals surface area contributed by atoms with Crippen LogP contribution in [0.5, 0.6) is 0 Å². The van der Waals surface area contributed by atoms with Crippen molar-refractivity contribution in [3.63, 3.8) is 0 Å². The number of rotatable bonds is 2. The van der Waals surface area contributed by atoms with Gasteiger partial charge in [0.05, 0.1) is 0 Å². The summed E-state index contributed by atoms with van der Waals surface area (Å²) in [4.78, 5) is 17.8. The van der Waals surface area contributed by atoms with Crippen molar-refractivity contribution in [1.29, 1.82) is 0 Å². The summed E-state index contributed by atoms with van der Waals surface area (Å²) in [5.74, 6) is 1.08. The molecule has 1 aliphatic heterocycles. The van der Waals surface area contributed by atoms with Crippen LogP contribution < -0.4 is 10.2 Å². The molecular formula is C11H15N3O. The molecule has 1 fully saturated rings. The molecule has 0 saturated carbocycles. The summed E-state index contributed by atoms with van der Waals surface area (Å²) in [6.45, 7) is 4.08. The highest BCUT2D eigenvalue weighted by Crippen LogP contribution is 2.15. The summed E-state index contributed by atoms with van der Waals surface area (Å²) >= 11 is 0. The Balaban J connectivity index is 2.22. The Morgan fingerprint density at radius 1 is 1.60 bits per heavy atom. The Hall–Kier alpha value is -1.42. The Morgan fingerprint density at radius 3 is 3.13 bits per heavy atom. The number of nitrogens with zero attached hydrogens (tertiary/aromatic N) is 2. The van der Waals surface area contributed by atoms with Crippen molar-refractivity contribution in [3.8, 4) is 0 Å². The monoisotopic (exact) mass is 205 g/mol. The SMILES string of the molecule is CC(=O)C1CNCCN1c1ccccn1. The largest absolute Gasteiger partial charge is 0.344 e. The van der Waals surface area contributed by atoms with Gasteiger partial charge in [0, 0.05) is 25.8 Å². The molecule has 2 rings (SSSR count). The molecule has 4 heteroatoms. The van der Waals surface area contributed by atoms with E-state index >= 15 is 0 Å². The first-order valence-electron chi connectivity index (χ1n) is 5.18. The highest BCUT2D eigenvalue weighted by Gasteiger charge is 2.26. The van der Waals surface area contributed by atoms with E-state index < -0.39 is 0 Å². The maximum atomic E-state index is 11.5. The maximum absolute atomic E-state index is 11.5. The van der Waals surface area contributed by atoms with Crippen molar-refractivity contribution in [2.75, 3.05) is 24.5 Å². The average Bonchev–Trinajstić information content (AvgIpc) is 2.30. The molecular weight excluding hydrogens is 190 g/mol. The van der Waals surface area contributed by atoms with Crippen LogP contribution in [0.3, 0.4) is 0 Å². The molecule has 1 atom stereocenters. The Labute approximate surface area is 89.3 Å². The van der Waals surface area contributed by atoms with E-state index in [0.29, 0.717) is 6.54 Å². The van der Waals surface area contributed by atoms with Gasteiger partial charge in [-0.2, -0.15) is 0 Å². The lowest BCUT2D eigenvalue weighted by atomic mass is 10.1. The number of nitrogens with one attached hydrogen (secondary N) is 1. The van der Waals surface area contributed by atoms with E-state index in [9.17, 15) is 4.79 Å². The smallest absolute Gasteiger partial charge is 0.153 e. The van der Waals surface area contributed by atoms with Gasteiger partial charge in [-0.15, -0.1) is 0 Å². The topological polar surface area (TPSA) is 45.2 Å². The number of carbonyl (C=O) groups is 1. The summed E-state index contributed by atoms with van der Waals surface area (Å²) in [6, 6.07) is 5.70. The van der Waals surface area contributed by atoms with Crippen molar-refractivity contribution >= 4 is 11.6 Å². The van der Waals surface area contributed by atoms with E-state index in [1.54, 1.807) is 13.1 Å². The minimum absolute atomic E-state index is 0.0753. The second-order valence-electron chi connectivity index (χ2n) is 3.71. The summed E-state index contributed by atoms with van der Waals surface area (Å²) in [5, 5.41) is 3.23.